The Morgan fingerprint density at radius 2 is 2.12 bits per heavy atom. The largest absolute Gasteiger partial charge is 0.384 e. The molecule has 1 rings (SSSR count). The molecule has 0 amide bonds. The molecule has 44 valence electrons. The van der Waals surface area contributed by atoms with Crippen molar-refractivity contribution in [3.63, 3.8) is 0 Å². The first-order valence-electron chi connectivity index (χ1n) is 1.90. The van der Waals surface area contributed by atoms with E-state index in [9.17, 15) is 0 Å². The van der Waals surface area contributed by atoms with Gasteiger partial charge in [-0.3, -0.25) is 5.41 Å². The lowest BCUT2D eigenvalue weighted by Crippen LogP contribution is -2.04. The van der Waals surface area contributed by atoms with Gasteiger partial charge in [-0.25, -0.2) is 4.99 Å². The third-order valence-corrected chi connectivity index (χ3v) is 0.662. The molecule has 0 aromatic rings. The summed E-state index contributed by atoms with van der Waals surface area (Å²) in [6, 6.07) is 0. The van der Waals surface area contributed by atoms with Crippen molar-refractivity contribution in [2.45, 2.75) is 0 Å². The maximum atomic E-state index is 6.82. The summed E-state index contributed by atoms with van der Waals surface area (Å²) in [5.74, 6) is 0.655. The molecule has 0 aromatic carbocycles. The number of nitrogens with two attached hydrogens (primary N) is 1. The van der Waals surface area contributed by atoms with Crippen LogP contribution < -0.4 is 11.9 Å². The molecule has 0 atom stereocenters. The molecule has 4 heteroatoms. The van der Waals surface area contributed by atoms with E-state index in [1.54, 1.807) is 12.2 Å². The lowest BCUT2D eigenvalue weighted by atomic mass is 10.5. The predicted octanol–water partition coefficient (Wildman–Crippen LogP) is 0.0527. The predicted molar refractivity (Wildman–Crippen MR) is 33.5 cm³/mol. The van der Waals surface area contributed by atoms with Crippen molar-refractivity contribution in [2.75, 3.05) is 0 Å². The number of aliphatic imine (C=N–C) groups is 1. The number of hydrogen-bond donors (Lipinski definition) is 3. The molecule has 8 heavy (non-hydrogen) atoms. The summed E-state index contributed by atoms with van der Waals surface area (Å²) < 4.78 is 0. The van der Waals surface area contributed by atoms with Crippen molar-refractivity contribution in [3.8, 4) is 0 Å². The molecule has 0 saturated carbocycles. The molecule has 1 aliphatic rings. The number of rotatable bonds is 0. The zero-order chi connectivity index (χ0) is 5.28. The monoisotopic (exact) mass is 112 g/mol. The summed E-state index contributed by atoms with van der Waals surface area (Å²) in [5, 5.41) is 6.82. The van der Waals surface area contributed by atoms with Gasteiger partial charge in [0.2, 0.25) is 0 Å². The molecule has 1 heterocycles. The van der Waals surface area contributed by atoms with E-state index in [1.165, 1.54) is 0 Å². The van der Waals surface area contributed by atoms with E-state index in [4.69, 9.17) is 11.1 Å². The van der Waals surface area contributed by atoms with E-state index in [0.29, 0.717) is 5.84 Å². The Bertz CT molecular complexity index is 155. The van der Waals surface area contributed by atoms with Crippen molar-refractivity contribution >= 4 is 11.7 Å². The first-order chi connectivity index (χ1) is 3.29. The molecule has 6 N–H and O–H groups in total. The number of amidine groups is 2. The summed E-state index contributed by atoms with van der Waals surface area (Å²) in [7, 11) is 0. The zero-order valence-electron chi connectivity index (χ0n) is 4.39. The fourth-order valence-corrected chi connectivity index (χ4v) is 0.378. The van der Waals surface area contributed by atoms with Gasteiger partial charge in [-0.05, 0) is 12.2 Å². The highest BCUT2D eigenvalue weighted by Gasteiger charge is 1.94. The maximum absolute atomic E-state index is 6.82. The molecule has 0 radical (unpaired) electrons. The second kappa shape index (κ2) is 2.23. The van der Waals surface area contributed by atoms with Crippen molar-refractivity contribution in [2.24, 2.45) is 10.7 Å². The highest BCUT2D eigenvalue weighted by molar-refractivity contribution is 6.12. The van der Waals surface area contributed by atoms with Crippen molar-refractivity contribution < 1.29 is 0 Å². The Morgan fingerprint density at radius 1 is 1.50 bits per heavy atom. The minimum absolute atomic E-state index is 0. The molecule has 0 aliphatic carbocycles. The lowest BCUT2D eigenvalue weighted by molar-refractivity contribution is 1.47. The van der Waals surface area contributed by atoms with Crippen LogP contribution in [0.3, 0.4) is 0 Å². The number of hydrogen-bond acceptors (Lipinski definition) is 3. The number of nitrogens with zero attached hydrogens (tertiary/aromatic N) is 1. The first-order valence-corrected chi connectivity index (χ1v) is 1.90. The zero-order valence-corrected chi connectivity index (χ0v) is 4.39. The van der Waals surface area contributed by atoms with E-state index in [-0.39, 0.29) is 12.0 Å². The van der Waals surface area contributed by atoms with Gasteiger partial charge in [-0.15, -0.1) is 0 Å². The molecule has 0 bridgehead atoms. The van der Waals surface area contributed by atoms with Crippen LogP contribution in [0.25, 0.3) is 0 Å². The van der Waals surface area contributed by atoms with Crippen LogP contribution in [0.5, 0.6) is 0 Å². The van der Waals surface area contributed by atoms with Gasteiger partial charge in [0.15, 0.2) is 0 Å². The summed E-state index contributed by atoms with van der Waals surface area (Å²) in [5.41, 5.74) is 5.15. The summed E-state index contributed by atoms with van der Waals surface area (Å²) in [6.07, 6.45) is 3.15. The molecule has 0 unspecified atom stereocenters. The van der Waals surface area contributed by atoms with E-state index < -0.39 is 0 Å². The lowest BCUT2D eigenvalue weighted by Gasteiger charge is -1.75. The Labute approximate surface area is 47.2 Å². The van der Waals surface area contributed by atoms with Crippen LogP contribution in [-0.4, -0.2) is 11.7 Å². The van der Waals surface area contributed by atoms with E-state index in [0.717, 1.165) is 0 Å². The Morgan fingerprint density at radius 3 is 2.25 bits per heavy atom. The van der Waals surface area contributed by atoms with Crippen LogP contribution in [0, 0.1) is 5.41 Å². The van der Waals surface area contributed by atoms with Crippen LogP contribution in [0.2, 0.25) is 0 Å². The third kappa shape index (κ3) is 1.16. The highest BCUT2D eigenvalue weighted by Crippen LogP contribution is 1.88. The van der Waals surface area contributed by atoms with Crippen molar-refractivity contribution in [3.05, 3.63) is 12.2 Å². The van der Waals surface area contributed by atoms with E-state index in [2.05, 4.69) is 4.99 Å². The second-order valence-electron chi connectivity index (χ2n) is 1.26. The average Bonchev–Trinajstić information content (AvgIpc) is 1.87. The molecular weight excluding hydrogens is 104 g/mol. The van der Waals surface area contributed by atoms with Gasteiger partial charge in [0.05, 0.1) is 0 Å². The quantitative estimate of drug-likeness (QED) is 0.412. The molecule has 0 spiro atoms. The van der Waals surface area contributed by atoms with Crippen LogP contribution >= 0.6 is 0 Å². The minimum Gasteiger partial charge on any atom is -0.384 e. The molecule has 0 fully saturated rings. The fraction of sp³-hybridized carbons (Fsp3) is 0. The normalized spacial score (nSPS) is 15.5. The van der Waals surface area contributed by atoms with E-state index in [1.807, 2.05) is 0 Å². The van der Waals surface area contributed by atoms with E-state index >= 15 is 0 Å². The highest BCUT2D eigenvalue weighted by atomic mass is 14.9. The first kappa shape index (κ1) is 6.84. The van der Waals surface area contributed by atoms with Gasteiger partial charge < -0.3 is 11.9 Å². The molecule has 0 aromatic heterocycles. The molecule has 0 saturated heterocycles. The van der Waals surface area contributed by atoms with Gasteiger partial charge in [0, 0.05) is 0 Å². The van der Waals surface area contributed by atoms with Crippen LogP contribution in [0.15, 0.2) is 17.1 Å². The maximum Gasteiger partial charge on any atom is 0.146 e. The molecule has 4 nitrogen and oxygen atoms in total. The molecule has 1 aliphatic heterocycles. The van der Waals surface area contributed by atoms with Gasteiger partial charge >= 0.3 is 0 Å². The van der Waals surface area contributed by atoms with Crippen LogP contribution in [-0.2, 0) is 0 Å². The summed E-state index contributed by atoms with van der Waals surface area (Å²) in [4.78, 5) is 3.56. The van der Waals surface area contributed by atoms with Crippen molar-refractivity contribution in [1.29, 1.82) is 5.41 Å². The Kier molecular flexibility index (Phi) is 1.90. The standard InChI is InChI=1S/C4H5N3.H3N/c5-3-1-2-4(6)7-3;/h1-2H,(H3,5,6,7);1H3. The van der Waals surface area contributed by atoms with Gasteiger partial charge in [-0.2, -0.15) is 0 Å². The Balaban J connectivity index is 0.000000490. The van der Waals surface area contributed by atoms with Gasteiger partial charge in [0.25, 0.3) is 0 Å². The smallest absolute Gasteiger partial charge is 0.146 e. The third-order valence-electron chi connectivity index (χ3n) is 0.662. The summed E-state index contributed by atoms with van der Waals surface area (Å²) >= 11 is 0. The fourth-order valence-electron chi connectivity index (χ4n) is 0.378. The minimum atomic E-state index is 0. The van der Waals surface area contributed by atoms with Gasteiger partial charge in [-0.1, -0.05) is 0 Å². The van der Waals surface area contributed by atoms with Crippen LogP contribution in [0.4, 0.5) is 0 Å². The van der Waals surface area contributed by atoms with Crippen molar-refractivity contribution in [1.82, 2.24) is 6.15 Å². The number of nitrogens with one attached hydrogen (secondary N) is 1. The topological polar surface area (TPSA) is 97.2 Å². The van der Waals surface area contributed by atoms with Gasteiger partial charge in [0.1, 0.15) is 11.7 Å². The Hall–Kier alpha value is -1.16. The SMILES string of the molecule is N.N=C1C=CC(N)=N1. The van der Waals surface area contributed by atoms with Crippen LogP contribution in [0.1, 0.15) is 0 Å². The summed E-state index contributed by atoms with van der Waals surface area (Å²) in [6.45, 7) is 0. The second-order valence-corrected chi connectivity index (χ2v) is 1.26. The average molecular weight is 112 g/mol. The molecular formula is C4H8N4.